The van der Waals surface area contributed by atoms with Gasteiger partial charge in [0.25, 0.3) is 0 Å². The molecule has 1 amide bonds. The number of hydrogen-bond donors (Lipinski definition) is 1. The van der Waals surface area contributed by atoms with E-state index >= 15 is 0 Å². The van der Waals surface area contributed by atoms with E-state index in [1.54, 1.807) is 31.4 Å². The van der Waals surface area contributed by atoms with E-state index in [4.69, 9.17) is 16.3 Å². The second-order valence-corrected chi connectivity index (χ2v) is 5.90. The quantitative estimate of drug-likeness (QED) is 0.849. The van der Waals surface area contributed by atoms with Gasteiger partial charge in [-0.05, 0) is 29.8 Å². The molecule has 22 heavy (non-hydrogen) atoms. The van der Waals surface area contributed by atoms with Gasteiger partial charge in [0.1, 0.15) is 11.6 Å². The maximum absolute atomic E-state index is 13.6. The number of benzene rings is 2. The second kappa shape index (κ2) is 8.06. The van der Waals surface area contributed by atoms with Crippen LogP contribution in [0.5, 0.6) is 5.75 Å². The van der Waals surface area contributed by atoms with Gasteiger partial charge >= 0.3 is 0 Å². The number of anilines is 1. The van der Waals surface area contributed by atoms with Gasteiger partial charge in [-0.25, -0.2) is 4.39 Å². The summed E-state index contributed by atoms with van der Waals surface area (Å²) in [6.45, 7) is 0. The number of amides is 1. The van der Waals surface area contributed by atoms with E-state index in [9.17, 15) is 9.18 Å². The van der Waals surface area contributed by atoms with Gasteiger partial charge in [-0.1, -0.05) is 29.8 Å². The minimum Gasteiger partial charge on any atom is -0.495 e. The average molecular weight is 340 g/mol. The van der Waals surface area contributed by atoms with Gasteiger partial charge < -0.3 is 10.1 Å². The molecule has 0 heterocycles. The molecule has 0 fully saturated rings. The van der Waals surface area contributed by atoms with Gasteiger partial charge in [0.15, 0.2) is 0 Å². The molecule has 0 aliphatic rings. The first-order valence-corrected chi connectivity index (χ1v) is 8.08. The Hall–Kier alpha value is -1.72. The lowest BCUT2D eigenvalue weighted by Gasteiger charge is -2.09. The number of ether oxygens (including phenoxy) is 1. The summed E-state index contributed by atoms with van der Waals surface area (Å²) < 4.78 is 18.8. The molecule has 0 aliphatic heterocycles. The molecule has 6 heteroatoms. The lowest BCUT2D eigenvalue weighted by Crippen LogP contribution is -2.14. The zero-order chi connectivity index (χ0) is 15.9. The van der Waals surface area contributed by atoms with Crippen molar-refractivity contribution in [3.05, 3.63) is 58.9 Å². The highest BCUT2D eigenvalue weighted by Crippen LogP contribution is 2.24. The SMILES string of the molecule is COc1ccccc1NC(=O)CSCc1ccc(Cl)cc1F. The summed E-state index contributed by atoms with van der Waals surface area (Å²) in [5.41, 5.74) is 1.15. The van der Waals surface area contributed by atoms with Gasteiger partial charge in [0.2, 0.25) is 5.91 Å². The largest absolute Gasteiger partial charge is 0.495 e. The van der Waals surface area contributed by atoms with Crippen LogP contribution in [0.1, 0.15) is 5.56 Å². The smallest absolute Gasteiger partial charge is 0.234 e. The van der Waals surface area contributed by atoms with Gasteiger partial charge in [-0.15, -0.1) is 11.8 Å². The molecule has 0 saturated carbocycles. The van der Waals surface area contributed by atoms with E-state index in [2.05, 4.69) is 5.32 Å². The number of hydrogen-bond acceptors (Lipinski definition) is 3. The van der Waals surface area contributed by atoms with Crippen molar-refractivity contribution in [2.75, 3.05) is 18.2 Å². The van der Waals surface area contributed by atoms with Crippen molar-refractivity contribution in [3.8, 4) is 5.75 Å². The zero-order valence-corrected chi connectivity index (χ0v) is 13.5. The normalized spacial score (nSPS) is 10.3. The maximum Gasteiger partial charge on any atom is 0.234 e. The summed E-state index contributed by atoms with van der Waals surface area (Å²) in [7, 11) is 1.54. The van der Waals surface area contributed by atoms with Crippen molar-refractivity contribution in [2.24, 2.45) is 0 Å². The van der Waals surface area contributed by atoms with E-state index in [0.717, 1.165) is 0 Å². The highest BCUT2D eigenvalue weighted by molar-refractivity contribution is 7.99. The third-order valence-electron chi connectivity index (χ3n) is 2.89. The van der Waals surface area contributed by atoms with Gasteiger partial charge in [0, 0.05) is 10.8 Å². The molecule has 3 nitrogen and oxygen atoms in total. The molecular formula is C16H15ClFNO2S. The van der Waals surface area contributed by atoms with Crippen molar-refractivity contribution >= 4 is 35.0 Å². The van der Waals surface area contributed by atoms with Crippen LogP contribution < -0.4 is 10.1 Å². The Morgan fingerprint density at radius 2 is 2.09 bits per heavy atom. The molecule has 0 aliphatic carbocycles. The molecule has 2 rings (SSSR count). The van der Waals surface area contributed by atoms with E-state index in [0.29, 0.717) is 27.8 Å². The molecule has 116 valence electrons. The minimum atomic E-state index is -0.356. The fraction of sp³-hybridized carbons (Fsp3) is 0.188. The summed E-state index contributed by atoms with van der Waals surface area (Å²) >= 11 is 7.03. The minimum absolute atomic E-state index is 0.163. The summed E-state index contributed by atoms with van der Waals surface area (Å²) in [5.74, 6) is 0.709. The first-order chi connectivity index (χ1) is 10.6. The van der Waals surface area contributed by atoms with Crippen molar-refractivity contribution in [1.29, 1.82) is 0 Å². The van der Waals surface area contributed by atoms with E-state index in [1.165, 1.54) is 17.8 Å². The van der Waals surface area contributed by atoms with Gasteiger partial charge in [-0.3, -0.25) is 4.79 Å². The molecule has 0 saturated heterocycles. The van der Waals surface area contributed by atoms with Crippen LogP contribution in [0.2, 0.25) is 5.02 Å². The zero-order valence-electron chi connectivity index (χ0n) is 11.9. The lowest BCUT2D eigenvalue weighted by atomic mass is 10.2. The van der Waals surface area contributed by atoms with Crippen molar-refractivity contribution in [3.63, 3.8) is 0 Å². The highest BCUT2D eigenvalue weighted by Gasteiger charge is 2.08. The second-order valence-electron chi connectivity index (χ2n) is 4.48. The van der Waals surface area contributed by atoms with Crippen LogP contribution in [0, 0.1) is 5.82 Å². The van der Waals surface area contributed by atoms with Crippen LogP contribution in [0.25, 0.3) is 0 Å². The molecule has 0 bridgehead atoms. The standard InChI is InChI=1S/C16H15ClFNO2S/c1-21-15-5-3-2-4-14(15)19-16(20)10-22-9-11-6-7-12(17)8-13(11)18/h2-8H,9-10H2,1H3,(H,19,20). The Morgan fingerprint density at radius 3 is 2.82 bits per heavy atom. The predicted octanol–water partition coefficient (Wildman–Crippen LogP) is 4.36. The van der Waals surface area contributed by atoms with Crippen LogP contribution >= 0.6 is 23.4 Å². The van der Waals surface area contributed by atoms with Crippen molar-refractivity contribution in [2.45, 2.75) is 5.75 Å². The van der Waals surface area contributed by atoms with E-state index in [1.807, 2.05) is 12.1 Å². The summed E-state index contributed by atoms with van der Waals surface area (Å²) in [4.78, 5) is 11.9. The number of nitrogens with one attached hydrogen (secondary N) is 1. The average Bonchev–Trinajstić information content (AvgIpc) is 2.50. The third-order valence-corrected chi connectivity index (χ3v) is 4.10. The molecule has 0 aromatic heterocycles. The number of methoxy groups -OCH3 is 1. The Bertz CT molecular complexity index is 666. The molecule has 0 spiro atoms. The Kier molecular flexibility index (Phi) is 6.10. The molecule has 0 atom stereocenters. The monoisotopic (exact) mass is 339 g/mol. The fourth-order valence-corrected chi connectivity index (χ4v) is 2.80. The summed E-state index contributed by atoms with van der Waals surface area (Å²) in [6.07, 6.45) is 0. The van der Waals surface area contributed by atoms with E-state index in [-0.39, 0.29) is 17.5 Å². The van der Waals surface area contributed by atoms with Gasteiger partial charge in [0.05, 0.1) is 18.6 Å². The molecule has 2 aromatic carbocycles. The van der Waals surface area contributed by atoms with Gasteiger partial charge in [-0.2, -0.15) is 0 Å². The molecule has 1 N–H and O–H groups in total. The third kappa shape index (κ3) is 4.64. The van der Waals surface area contributed by atoms with Crippen LogP contribution in [-0.2, 0) is 10.5 Å². The number of rotatable bonds is 6. The van der Waals surface area contributed by atoms with Crippen molar-refractivity contribution < 1.29 is 13.9 Å². The summed E-state index contributed by atoms with van der Waals surface area (Å²) in [6, 6.07) is 11.7. The van der Waals surface area contributed by atoms with Crippen LogP contribution in [0.4, 0.5) is 10.1 Å². The predicted molar refractivity (Wildman–Crippen MR) is 89.2 cm³/mol. The Labute approximate surface area is 137 Å². The number of carbonyl (C=O) groups is 1. The molecule has 0 radical (unpaired) electrons. The molecule has 2 aromatic rings. The topological polar surface area (TPSA) is 38.3 Å². The van der Waals surface area contributed by atoms with Crippen LogP contribution in [0.3, 0.4) is 0 Å². The fourth-order valence-electron chi connectivity index (χ4n) is 1.83. The number of thioether (sulfide) groups is 1. The number of carbonyl (C=O) groups excluding carboxylic acids is 1. The first kappa shape index (κ1) is 16.6. The molecule has 0 unspecified atom stereocenters. The van der Waals surface area contributed by atoms with Crippen molar-refractivity contribution in [1.82, 2.24) is 0 Å². The number of para-hydroxylation sites is 2. The highest BCUT2D eigenvalue weighted by atomic mass is 35.5. The number of halogens is 2. The molecular weight excluding hydrogens is 325 g/mol. The maximum atomic E-state index is 13.6. The van der Waals surface area contributed by atoms with Crippen LogP contribution in [0.15, 0.2) is 42.5 Å². The Balaban J connectivity index is 1.85. The first-order valence-electron chi connectivity index (χ1n) is 6.54. The van der Waals surface area contributed by atoms with Crippen LogP contribution in [-0.4, -0.2) is 18.8 Å². The summed E-state index contributed by atoms with van der Waals surface area (Å²) in [5, 5.41) is 3.13. The van der Waals surface area contributed by atoms with E-state index < -0.39 is 0 Å². The lowest BCUT2D eigenvalue weighted by molar-refractivity contribution is -0.113. The Morgan fingerprint density at radius 1 is 1.32 bits per heavy atom.